The monoisotopic (exact) mass is 301 g/mol. The second-order valence-electron chi connectivity index (χ2n) is 5.40. The van der Waals surface area contributed by atoms with Gasteiger partial charge in [-0.25, -0.2) is 0 Å². The fourth-order valence-corrected chi connectivity index (χ4v) is 3.61. The number of benzene rings is 1. The smallest absolute Gasteiger partial charge is 0.303 e. The molecule has 1 aromatic heterocycles. The van der Waals surface area contributed by atoms with Crippen molar-refractivity contribution < 1.29 is 14.5 Å². The van der Waals surface area contributed by atoms with Gasteiger partial charge in [-0.1, -0.05) is 12.1 Å². The van der Waals surface area contributed by atoms with E-state index in [1.54, 1.807) is 28.4 Å². The number of nitrogens with zero attached hydrogens (tertiary/aromatic N) is 1. The summed E-state index contributed by atoms with van der Waals surface area (Å²) in [4.78, 5) is 28.2. The molecule has 2 heterocycles. The van der Waals surface area contributed by atoms with Gasteiger partial charge in [0.1, 0.15) is 6.54 Å². The predicted molar refractivity (Wildman–Crippen MR) is 82.8 cm³/mol. The molecular formula is C16H17N2O2S+. The van der Waals surface area contributed by atoms with Gasteiger partial charge < -0.3 is 4.90 Å². The average Bonchev–Trinajstić information content (AvgIpc) is 2.97. The molecule has 5 heteroatoms. The maximum absolute atomic E-state index is 12.1. The van der Waals surface area contributed by atoms with Crippen molar-refractivity contribution in [3.63, 3.8) is 0 Å². The van der Waals surface area contributed by atoms with Crippen molar-refractivity contribution in [2.75, 3.05) is 18.6 Å². The van der Waals surface area contributed by atoms with Crippen LogP contribution in [0.5, 0.6) is 0 Å². The van der Waals surface area contributed by atoms with Crippen LogP contribution in [0.4, 0.5) is 5.69 Å². The summed E-state index contributed by atoms with van der Waals surface area (Å²) < 4.78 is 0. The minimum Gasteiger partial charge on any atom is -0.315 e. The van der Waals surface area contributed by atoms with Crippen LogP contribution in [0.3, 0.4) is 0 Å². The maximum atomic E-state index is 12.1. The molecule has 1 unspecified atom stereocenters. The summed E-state index contributed by atoms with van der Waals surface area (Å²) in [5, 5.41) is 2.08. The average molecular weight is 301 g/mol. The Morgan fingerprint density at radius 2 is 1.95 bits per heavy atom. The van der Waals surface area contributed by atoms with Gasteiger partial charge in [-0.2, -0.15) is 0 Å². The number of carbonyl (C=O) groups is 2. The molecule has 0 aliphatic carbocycles. The summed E-state index contributed by atoms with van der Waals surface area (Å²) in [7, 11) is 2.04. The molecule has 1 amide bonds. The van der Waals surface area contributed by atoms with Crippen LogP contribution in [0.2, 0.25) is 0 Å². The summed E-state index contributed by atoms with van der Waals surface area (Å²) in [5.41, 5.74) is 2.53. The molecule has 0 saturated carbocycles. The van der Waals surface area contributed by atoms with Gasteiger partial charge in [0.2, 0.25) is 0 Å². The van der Waals surface area contributed by atoms with Crippen LogP contribution in [-0.2, 0) is 11.3 Å². The highest BCUT2D eigenvalue weighted by Crippen LogP contribution is 2.27. The first kappa shape index (κ1) is 14.0. The van der Waals surface area contributed by atoms with E-state index in [1.807, 2.05) is 19.2 Å². The zero-order chi connectivity index (χ0) is 15.0. The van der Waals surface area contributed by atoms with Gasteiger partial charge in [0.15, 0.2) is 6.67 Å². The second-order valence-corrected chi connectivity index (χ2v) is 6.40. The van der Waals surface area contributed by atoms with Crippen LogP contribution in [-0.4, -0.2) is 25.4 Å². The van der Waals surface area contributed by atoms with E-state index in [4.69, 9.17) is 0 Å². The third kappa shape index (κ3) is 2.50. The number of hydrogen-bond acceptors (Lipinski definition) is 3. The topological polar surface area (TPSA) is 41.8 Å². The number of para-hydroxylation sites is 1. The highest BCUT2D eigenvalue weighted by Gasteiger charge is 2.36. The lowest BCUT2D eigenvalue weighted by molar-refractivity contribution is -0.892. The number of Topliss-reactive ketones (excluding diaryl/α,β-unsaturated/α-hetero) is 1. The largest absolute Gasteiger partial charge is 0.315 e. The van der Waals surface area contributed by atoms with E-state index in [2.05, 4.69) is 18.4 Å². The van der Waals surface area contributed by atoms with Crippen molar-refractivity contribution in [2.24, 2.45) is 0 Å². The van der Waals surface area contributed by atoms with Crippen LogP contribution in [0.25, 0.3) is 0 Å². The molecule has 1 aliphatic rings. The molecule has 1 aliphatic heterocycles. The number of anilines is 1. The fraction of sp³-hybridized carbons (Fsp3) is 0.250. The van der Waals surface area contributed by atoms with Gasteiger partial charge in [-0.05, 0) is 36.1 Å². The Hall–Kier alpha value is -1.98. The number of rotatable bonds is 4. The van der Waals surface area contributed by atoms with E-state index in [-0.39, 0.29) is 0 Å². The summed E-state index contributed by atoms with van der Waals surface area (Å²) in [6.45, 7) is 3.45. The zero-order valence-corrected chi connectivity index (χ0v) is 12.9. The molecule has 0 bridgehead atoms. The predicted octanol–water partition coefficient (Wildman–Crippen LogP) is 1.26. The molecule has 21 heavy (non-hydrogen) atoms. The molecule has 2 aromatic rings. The molecule has 0 spiro atoms. The van der Waals surface area contributed by atoms with Crippen molar-refractivity contribution in [1.29, 1.82) is 0 Å². The summed E-state index contributed by atoms with van der Waals surface area (Å²) in [5.74, 6) is -0.816. The first-order valence-corrected chi connectivity index (χ1v) is 7.75. The molecule has 4 nitrogen and oxygen atoms in total. The molecule has 3 rings (SSSR count). The molecule has 0 radical (unpaired) electrons. The van der Waals surface area contributed by atoms with E-state index in [9.17, 15) is 9.59 Å². The van der Waals surface area contributed by atoms with Gasteiger partial charge in [0.25, 0.3) is 5.78 Å². The number of fused-ring (bicyclic) bond motifs is 1. The Labute approximate surface area is 127 Å². The third-order valence-electron chi connectivity index (χ3n) is 3.74. The summed E-state index contributed by atoms with van der Waals surface area (Å²) in [6.07, 6.45) is 0. The quantitative estimate of drug-likeness (QED) is 0.864. The van der Waals surface area contributed by atoms with Gasteiger partial charge in [0.05, 0.1) is 23.2 Å². The van der Waals surface area contributed by atoms with Crippen molar-refractivity contribution in [1.82, 2.24) is 0 Å². The van der Waals surface area contributed by atoms with E-state index >= 15 is 0 Å². The lowest BCUT2D eigenvalue weighted by Crippen LogP contribution is -3.09. The van der Waals surface area contributed by atoms with E-state index in [0.717, 1.165) is 12.2 Å². The van der Waals surface area contributed by atoms with Crippen LogP contribution in [0.15, 0.2) is 35.7 Å². The molecule has 1 N–H and O–H groups in total. The molecule has 1 atom stereocenters. The van der Waals surface area contributed by atoms with Crippen LogP contribution in [0.1, 0.15) is 20.8 Å². The van der Waals surface area contributed by atoms with Crippen molar-refractivity contribution in [3.8, 4) is 0 Å². The van der Waals surface area contributed by atoms with Crippen molar-refractivity contribution in [3.05, 3.63) is 51.7 Å². The normalized spacial score (nSPS) is 15.4. The highest BCUT2D eigenvalue weighted by molar-refractivity contribution is 7.10. The minimum atomic E-state index is -0.418. The van der Waals surface area contributed by atoms with Crippen molar-refractivity contribution >= 4 is 28.7 Å². The SMILES string of the molecule is Cc1ccsc1C[NH+](C)CN1C(=O)C(=O)c2ccccc21. The van der Waals surface area contributed by atoms with Gasteiger partial charge in [0, 0.05) is 0 Å². The maximum Gasteiger partial charge on any atom is 0.303 e. The number of quaternary nitrogens is 1. The van der Waals surface area contributed by atoms with Crippen molar-refractivity contribution in [2.45, 2.75) is 13.5 Å². The Balaban J connectivity index is 1.77. The Bertz CT molecular complexity index is 708. The number of nitrogens with one attached hydrogen (secondary N) is 1. The van der Waals surface area contributed by atoms with Gasteiger partial charge in [-0.15, -0.1) is 11.3 Å². The number of thiophene rings is 1. The second kappa shape index (κ2) is 5.42. The molecule has 108 valence electrons. The Morgan fingerprint density at radius 1 is 1.19 bits per heavy atom. The van der Waals surface area contributed by atoms with E-state index in [0.29, 0.717) is 12.2 Å². The lowest BCUT2D eigenvalue weighted by atomic mass is 10.1. The standard InChI is InChI=1S/C16H16N2O2S/c1-11-7-8-21-14(11)9-17(2)10-18-13-6-4-3-5-12(13)15(19)16(18)20/h3-8H,9-10H2,1-2H3/p+1. The molecule has 1 aromatic carbocycles. The Kier molecular flexibility index (Phi) is 3.61. The molecule has 0 fully saturated rings. The minimum absolute atomic E-state index is 0.397. The number of ketones is 1. The van der Waals surface area contributed by atoms with Gasteiger partial charge >= 0.3 is 5.91 Å². The zero-order valence-electron chi connectivity index (χ0n) is 12.1. The fourth-order valence-electron chi connectivity index (χ4n) is 2.59. The van der Waals surface area contributed by atoms with Gasteiger partial charge in [-0.3, -0.25) is 14.5 Å². The van der Waals surface area contributed by atoms with Crippen LogP contribution < -0.4 is 9.80 Å². The Morgan fingerprint density at radius 3 is 2.67 bits per heavy atom. The van der Waals surface area contributed by atoms with E-state index in [1.165, 1.54) is 15.3 Å². The molecule has 0 saturated heterocycles. The van der Waals surface area contributed by atoms with E-state index < -0.39 is 11.7 Å². The first-order valence-electron chi connectivity index (χ1n) is 6.87. The number of hydrogen-bond donors (Lipinski definition) is 1. The number of carbonyl (C=O) groups excluding carboxylic acids is 2. The lowest BCUT2D eigenvalue weighted by Gasteiger charge is -2.21. The first-order chi connectivity index (χ1) is 10.1. The number of aryl methyl sites for hydroxylation is 1. The molecular weight excluding hydrogens is 284 g/mol. The van der Waals surface area contributed by atoms with Crippen LogP contribution >= 0.6 is 11.3 Å². The third-order valence-corrected chi connectivity index (χ3v) is 4.76. The van der Waals surface area contributed by atoms with Crippen LogP contribution in [0, 0.1) is 6.92 Å². The summed E-state index contributed by atoms with van der Waals surface area (Å²) >= 11 is 1.73. The summed E-state index contributed by atoms with van der Waals surface area (Å²) in [6, 6.07) is 9.30. The number of amides is 1. The highest BCUT2D eigenvalue weighted by atomic mass is 32.1.